The van der Waals surface area contributed by atoms with Crippen LogP contribution in [0.5, 0.6) is 0 Å². The first kappa shape index (κ1) is 31.2. The van der Waals surface area contributed by atoms with Crippen LogP contribution in [-0.2, 0) is 22.4 Å². The lowest BCUT2D eigenvalue weighted by atomic mass is 9.83. The number of likely N-dealkylation sites (N-methyl/N-ethyl adjacent to an activating group) is 1. The second-order valence-corrected chi connectivity index (χ2v) is 12.2. The Morgan fingerprint density at radius 2 is 1.51 bits per heavy atom. The quantitative estimate of drug-likeness (QED) is 0.293. The van der Waals surface area contributed by atoms with Crippen LogP contribution in [0.15, 0.2) is 60.7 Å². The number of nitrogens with one attached hydrogen (secondary N) is 2. The Labute approximate surface area is 248 Å². The molecule has 1 saturated carbocycles. The molecule has 0 unspecified atom stereocenters. The number of hydrogen-bond donors (Lipinski definition) is 2. The van der Waals surface area contributed by atoms with Gasteiger partial charge >= 0.3 is 0 Å². The van der Waals surface area contributed by atoms with Crippen LogP contribution >= 0.6 is 0 Å². The molecule has 6 nitrogen and oxygen atoms in total. The Bertz CT molecular complexity index is 1040. The number of aryl methyl sites for hydroxylation is 1. The molecule has 1 heterocycles. The van der Waals surface area contributed by atoms with Crippen molar-refractivity contribution in [3.05, 3.63) is 71.8 Å². The fourth-order valence-corrected chi connectivity index (χ4v) is 6.59. The van der Waals surface area contributed by atoms with E-state index in [0.29, 0.717) is 0 Å². The first-order chi connectivity index (χ1) is 20.0. The average Bonchev–Trinajstić information content (AvgIpc) is 3.49. The summed E-state index contributed by atoms with van der Waals surface area (Å²) in [5.41, 5.74) is 2.76. The van der Waals surface area contributed by atoms with Crippen molar-refractivity contribution in [2.75, 3.05) is 33.2 Å². The summed E-state index contributed by atoms with van der Waals surface area (Å²) >= 11 is 0. The summed E-state index contributed by atoms with van der Waals surface area (Å²) in [5, 5.41) is 6.22. The fourth-order valence-electron chi connectivity index (χ4n) is 6.59. The monoisotopic (exact) mass is 560 g/mol. The number of benzene rings is 2. The normalized spacial score (nSPS) is 19.3. The van der Waals surface area contributed by atoms with Gasteiger partial charge in [-0.3, -0.25) is 9.59 Å². The van der Waals surface area contributed by atoms with Gasteiger partial charge in [0.15, 0.2) is 0 Å². The molecule has 2 aliphatic rings. The van der Waals surface area contributed by atoms with Gasteiger partial charge in [0.05, 0.1) is 6.04 Å². The van der Waals surface area contributed by atoms with Crippen LogP contribution in [0.1, 0.15) is 75.8 Å². The molecule has 1 saturated heterocycles. The van der Waals surface area contributed by atoms with Crippen LogP contribution in [0.4, 0.5) is 0 Å². The minimum absolute atomic E-state index is 0.0740. The molecule has 0 spiro atoms. The summed E-state index contributed by atoms with van der Waals surface area (Å²) in [6.45, 7) is 5.60. The maximum absolute atomic E-state index is 14.2. The molecule has 0 aromatic heterocycles. The Hall–Kier alpha value is -2.70. The van der Waals surface area contributed by atoms with E-state index < -0.39 is 6.04 Å². The average molecular weight is 561 g/mol. The smallest absolute Gasteiger partial charge is 0.245 e. The summed E-state index contributed by atoms with van der Waals surface area (Å²) < 4.78 is 0. The van der Waals surface area contributed by atoms with Gasteiger partial charge in [0.25, 0.3) is 0 Å². The number of carbonyl (C=O) groups is 2. The van der Waals surface area contributed by atoms with Crippen LogP contribution < -0.4 is 10.6 Å². The van der Waals surface area contributed by atoms with Crippen molar-refractivity contribution >= 4 is 11.8 Å². The van der Waals surface area contributed by atoms with E-state index in [2.05, 4.69) is 81.1 Å². The van der Waals surface area contributed by atoms with Gasteiger partial charge in [0.1, 0.15) is 6.04 Å². The number of rotatable bonds is 15. The zero-order valence-electron chi connectivity index (χ0n) is 25.4. The van der Waals surface area contributed by atoms with Crippen LogP contribution in [0.2, 0.25) is 0 Å². The number of likely N-dealkylation sites (tertiary alicyclic amines) is 1. The Morgan fingerprint density at radius 1 is 0.854 bits per heavy atom. The Balaban J connectivity index is 1.41. The lowest BCUT2D eigenvalue weighted by Crippen LogP contribution is -2.57. The van der Waals surface area contributed by atoms with E-state index in [9.17, 15) is 9.59 Å². The van der Waals surface area contributed by atoms with Crippen molar-refractivity contribution in [2.45, 2.75) is 95.7 Å². The molecule has 224 valence electrons. The van der Waals surface area contributed by atoms with E-state index in [0.717, 1.165) is 84.0 Å². The van der Waals surface area contributed by atoms with E-state index in [1.54, 1.807) is 7.05 Å². The van der Waals surface area contributed by atoms with E-state index in [-0.39, 0.29) is 29.8 Å². The van der Waals surface area contributed by atoms with Gasteiger partial charge in [-0.05, 0) is 88.9 Å². The first-order valence-corrected chi connectivity index (χ1v) is 16.1. The number of nitrogens with zero attached hydrogens (tertiary/aromatic N) is 2. The lowest BCUT2D eigenvalue weighted by molar-refractivity contribution is -0.139. The molecule has 3 atom stereocenters. The molecule has 1 aliphatic carbocycles. The second-order valence-electron chi connectivity index (χ2n) is 12.2. The molecule has 0 radical (unpaired) electrons. The standard InChI is InChI=1S/C35H52N4O2/c1-28(36-2)34(40)37-33(31-20-10-5-11-21-31)35(41)39-25-14-22-32(39)27-38(26-23-30-17-8-4-9-18-30)24-13-12-19-29-15-6-3-7-16-29/h3-4,6-9,15-18,28,31-33,36H,5,10-14,19-27H2,1-2H3,(H,37,40)/t28-,32-,33-/m0/s1. The summed E-state index contributed by atoms with van der Waals surface area (Å²) in [5.74, 6) is 0.302. The maximum Gasteiger partial charge on any atom is 0.245 e. The largest absolute Gasteiger partial charge is 0.343 e. The molecule has 2 fully saturated rings. The van der Waals surface area contributed by atoms with Gasteiger partial charge in [0, 0.05) is 25.7 Å². The number of hydrogen-bond acceptors (Lipinski definition) is 4. The van der Waals surface area contributed by atoms with Gasteiger partial charge in [-0.15, -0.1) is 0 Å². The van der Waals surface area contributed by atoms with Crippen LogP contribution in [0, 0.1) is 5.92 Å². The van der Waals surface area contributed by atoms with Crippen LogP contribution in [0.3, 0.4) is 0 Å². The zero-order valence-corrected chi connectivity index (χ0v) is 25.4. The third kappa shape index (κ3) is 9.68. The highest BCUT2D eigenvalue weighted by atomic mass is 16.2. The molecule has 41 heavy (non-hydrogen) atoms. The summed E-state index contributed by atoms with van der Waals surface area (Å²) in [4.78, 5) is 31.8. The molecular weight excluding hydrogens is 508 g/mol. The molecule has 2 aromatic carbocycles. The highest BCUT2D eigenvalue weighted by Gasteiger charge is 2.39. The SMILES string of the molecule is CN[C@@H](C)C(=O)N[C@H](C(=O)N1CCC[C@H]1CN(CCCCc1ccccc1)CCc1ccccc1)C1CCCCC1. The zero-order chi connectivity index (χ0) is 28.9. The topological polar surface area (TPSA) is 64.7 Å². The summed E-state index contributed by atoms with van der Waals surface area (Å²) in [6, 6.07) is 21.0. The van der Waals surface area contributed by atoms with Gasteiger partial charge in [-0.25, -0.2) is 0 Å². The Morgan fingerprint density at radius 3 is 2.17 bits per heavy atom. The number of carbonyl (C=O) groups excluding carboxylic acids is 2. The van der Waals surface area contributed by atoms with Crippen molar-refractivity contribution < 1.29 is 9.59 Å². The van der Waals surface area contributed by atoms with E-state index in [4.69, 9.17) is 0 Å². The molecule has 2 aromatic rings. The number of amides is 2. The van der Waals surface area contributed by atoms with Crippen molar-refractivity contribution in [2.24, 2.45) is 5.92 Å². The van der Waals surface area contributed by atoms with E-state index in [1.165, 1.54) is 24.0 Å². The summed E-state index contributed by atoms with van der Waals surface area (Å²) in [7, 11) is 1.79. The van der Waals surface area contributed by atoms with E-state index in [1.807, 2.05) is 6.92 Å². The predicted molar refractivity (Wildman–Crippen MR) is 168 cm³/mol. The molecule has 2 amide bonds. The molecule has 0 bridgehead atoms. The third-order valence-electron chi connectivity index (χ3n) is 9.23. The third-order valence-corrected chi connectivity index (χ3v) is 9.23. The van der Waals surface area contributed by atoms with Gasteiger partial charge in [-0.2, -0.15) is 0 Å². The van der Waals surface area contributed by atoms with Crippen molar-refractivity contribution in [1.29, 1.82) is 0 Å². The molecule has 6 heteroatoms. The number of unbranched alkanes of at least 4 members (excludes halogenated alkanes) is 1. The highest BCUT2D eigenvalue weighted by molar-refractivity contribution is 5.90. The van der Waals surface area contributed by atoms with Crippen molar-refractivity contribution in [3.8, 4) is 0 Å². The highest BCUT2D eigenvalue weighted by Crippen LogP contribution is 2.29. The van der Waals surface area contributed by atoms with Crippen LogP contribution in [0.25, 0.3) is 0 Å². The maximum atomic E-state index is 14.2. The lowest BCUT2D eigenvalue weighted by Gasteiger charge is -2.37. The van der Waals surface area contributed by atoms with E-state index >= 15 is 0 Å². The molecule has 1 aliphatic heterocycles. The minimum atomic E-state index is -0.414. The van der Waals surface area contributed by atoms with Gasteiger partial charge in [-0.1, -0.05) is 79.9 Å². The predicted octanol–water partition coefficient (Wildman–Crippen LogP) is 5.22. The minimum Gasteiger partial charge on any atom is -0.343 e. The van der Waals surface area contributed by atoms with Gasteiger partial charge < -0.3 is 20.4 Å². The van der Waals surface area contributed by atoms with Crippen molar-refractivity contribution in [3.63, 3.8) is 0 Å². The molecule has 4 rings (SSSR count). The summed E-state index contributed by atoms with van der Waals surface area (Å²) in [6.07, 6.45) is 12.1. The molecular formula is C35H52N4O2. The van der Waals surface area contributed by atoms with Crippen LogP contribution in [-0.4, -0.2) is 73.0 Å². The molecule has 2 N–H and O–H groups in total. The van der Waals surface area contributed by atoms with Crippen molar-refractivity contribution in [1.82, 2.24) is 20.4 Å². The second kappa shape index (κ2) is 16.7. The first-order valence-electron chi connectivity index (χ1n) is 16.1. The fraction of sp³-hybridized carbons (Fsp3) is 0.600. The van der Waals surface area contributed by atoms with Gasteiger partial charge in [0.2, 0.25) is 11.8 Å². The Kier molecular flexibility index (Phi) is 12.7.